The molecular formula is C36H46N4O4S2. The Morgan fingerprint density at radius 2 is 1.80 bits per heavy atom. The fourth-order valence-electron chi connectivity index (χ4n) is 8.63. The van der Waals surface area contributed by atoms with Crippen molar-refractivity contribution in [2.45, 2.75) is 66.5 Å². The van der Waals surface area contributed by atoms with Crippen molar-refractivity contribution in [2.24, 2.45) is 17.8 Å². The van der Waals surface area contributed by atoms with E-state index < -0.39 is 10.1 Å². The van der Waals surface area contributed by atoms with Gasteiger partial charge in [0.25, 0.3) is 10.1 Å². The van der Waals surface area contributed by atoms with Gasteiger partial charge in [-0.15, -0.1) is 0 Å². The summed E-state index contributed by atoms with van der Waals surface area (Å²) < 4.78 is 27.5. The van der Waals surface area contributed by atoms with Crippen LogP contribution in [0.2, 0.25) is 0 Å². The first-order chi connectivity index (χ1) is 22.3. The third-order valence-corrected chi connectivity index (χ3v) is 12.3. The minimum Gasteiger partial charge on any atom is -0.393 e. The first-order valence-corrected chi connectivity index (χ1v) is 19.4. The Balaban J connectivity index is 1.05. The summed E-state index contributed by atoms with van der Waals surface area (Å²) in [5.74, 6) is 1.08. The first-order valence-electron chi connectivity index (χ1n) is 16.8. The van der Waals surface area contributed by atoms with Crippen molar-refractivity contribution >= 4 is 27.6 Å². The van der Waals surface area contributed by atoms with Crippen LogP contribution in [0, 0.1) is 17.8 Å². The third-order valence-electron chi connectivity index (χ3n) is 10.7. The zero-order valence-electron chi connectivity index (χ0n) is 26.7. The molecule has 8 nitrogen and oxygen atoms in total. The quantitative estimate of drug-likeness (QED) is 0.289. The molecule has 4 heterocycles. The maximum atomic E-state index is 11.4. The van der Waals surface area contributed by atoms with Crippen LogP contribution in [-0.4, -0.2) is 75.1 Å². The lowest BCUT2D eigenvalue weighted by Crippen LogP contribution is -2.57. The maximum Gasteiger partial charge on any atom is 0.264 e. The lowest BCUT2D eigenvalue weighted by Gasteiger charge is -2.54. The number of pyridine rings is 1. The summed E-state index contributed by atoms with van der Waals surface area (Å²) in [6.07, 6.45) is 8.25. The van der Waals surface area contributed by atoms with Crippen molar-refractivity contribution in [3.05, 3.63) is 83.7 Å². The highest BCUT2D eigenvalue weighted by Gasteiger charge is 2.53. The summed E-state index contributed by atoms with van der Waals surface area (Å²) in [7, 11) is -3.39. The van der Waals surface area contributed by atoms with Crippen LogP contribution in [0.3, 0.4) is 0 Å². The lowest BCUT2D eigenvalue weighted by atomic mass is 9.56. The van der Waals surface area contributed by atoms with Crippen molar-refractivity contribution in [2.75, 3.05) is 50.5 Å². The van der Waals surface area contributed by atoms with Crippen molar-refractivity contribution < 1.29 is 17.7 Å². The molecule has 2 N–H and O–H groups in total. The van der Waals surface area contributed by atoms with Crippen LogP contribution < -0.4 is 10.2 Å². The molecule has 7 rings (SSSR count). The molecule has 10 heteroatoms. The number of aliphatic hydroxyl groups excluding tert-OH is 1. The highest BCUT2D eigenvalue weighted by atomic mass is 32.2. The SMILES string of the molecule is CS(=O)(=O)OCC1CN(c2ccc(Sc3ccnc(CN4Cc5ccccc5C(C5CCNCC5)([C@H]5CCC[C@@H]5O)C4)c3)cc2)C1. The predicted molar refractivity (Wildman–Crippen MR) is 182 cm³/mol. The van der Waals surface area contributed by atoms with E-state index in [0.717, 1.165) is 95.6 Å². The number of nitrogens with one attached hydrogen (secondary N) is 1. The summed E-state index contributed by atoms with van der Waals surface area (Å²) in [6, 6.07) is 22.0. The number of hydrogen-bond acceptors (Lipinski definition) is 9. The second-order valence-electron chi connectivity index (χ2n) is 13.8. The number of anilines is 1. The van der Waals surface area contributed by atoms with Crippen LogP contribution in [0.4, 0.5) is 5.69 Å². The molecule has 2 aromatic carbocycles. The van der Waals surface area contributed by atoms with Gasteiger partial charge in [0, 0.05) is 65.7 Å². The predicted octanol–water partition coefficient (Wildman–Crippen LogP) is 5.06. The molecule has 3 aliphatic heterocycles. The van der Waals surface area contributed by atoms with Crippen molar-refractivity contribution in [1.82, 2.24) is 15.2 Å². The van der Waals surface area contributed by atoms with Crippen LogP contribution in [0.15, 0.2) is 76.7 Å². The van der Waals surface area contributed by atoms with E-state index in [0.29, 0.717) is 11.8 Å². The molecule has 0 bridgehead atoms. The number of fused-ring (bicyclic) bond motifs is 1. The number of aliphatic hydroxyl groups is 1. The molecule has 3 aromatic rings. The van der Waals surface area contributed by atoms with Gasteiger partial charge in [-0.3, -0.25) is 14.1 Å². The Hall–Kier alpha value is -2.47. The molecule has 2 saturated heterocycles. The smallest absolute Gasteiger partial charge is 0.264 e. The van der Waals surface area contributed by atoms with Crippen LogP contribution in [-0.2, 0) is 32.8 Å². The Morgan fingerprint density at radius 3 is 2.54 bits per heavy atom. The summed E-state index contributed by atoms with van der Waals surface area (Å²) in [5.41, 5.74) is 5.08. The van der Waals surface area contributed by atoms with E-state index >= 15 is 0 Å². The zero-order valence-corrected chi connectivity index (χ0v) is 28.3. The van der Waals surface area contributed by atoms with E-state index in [-0.39, 0.29) is 24.0 Å². The number of piperidine rings is 1. The monoisotopic (exact) mass is 662 g/mol. The molecule has 1 aliphatic carbocycles. The van der Waals surface area contributed by atoms with Gasteiger partial charge in [0.1, 0.15) is 0 Å². The number of rotatable bonds is 10. The first kappa shape index (κ1) is 32.1. The number of hydrogen-bond donors (Lipinski definition) is 2. The van der Waals surface area contributed by atoms with Gasteiger partial charge in [-0.25, -0.2) is 0 Å². The van der Waals surface area contributed by atoms with E-state index in [4.69, 9.17) is 9.17 Å². The molecule has 1 saturated carbocycles. The normalized spacial score (nSPS) is 26.2. The van der Waals surface area contributed by atoms with Gasteiger partial charge >= 0.3 is 0 Å². The largest absolute Gasteiger partial charge is 0.393 e. The van der Waals surface area contributed by atoms with Gasteiger partial charge in [-0.2, -0.15) is 8.42 Å². The highest BCUT2D eigenvalue weighted by Crippen LogP contribution is 2.53. The van der Waals surface area contributed by atoms with Crippen LogP contribution >= 0.6 is 11.8 Å². The van der Waals surface area contributed by atoms with Crippen LogP contribution in [0.1, 0.15) is 48.9 Å². The Morgan fingerprint density at radius 1 is 1.02 bits per heavy atom. The molecule has 0 spiro atoms. The number of aromatic nitrogens is 1. The Kier molecular flexibility index (Phi) is 9.47. The molecule has 46 heavy (non-hydrogen) atoms. The van der Waals surface area contributed by atoms with E-state index in [1.165, 1.54) is 20.9 Å². The average Bonchev–Trinajstić information content (AvgIpc) is 3.47. The molecule has 0 radical (unpaired) electrons. The molecule has 0 amide bonds. The minimum absolute atomic E-state index is 0.0435. The van der Waals surface area contributed by atoms with E-state index in [9.17, 15) is 13.5 Å². The lowest BCUT2D eigenvalue weighted by molar-refractivity contribution is 0.00251. The Labute approximate surface area is 278 Å². The molecule has 1 aromatic heterocycles. The number of nitrogens with zero attached hydrogens (tertiary/aromatic N) is 3. The van der Waals surface area contributed by atoms with Gasteiger partial charge in [-0.1, -0.05) is 42.4 Å². The van der Waals surface area contributed by atoms with Crippen molar-refractivity contribution in [1.29, 1.82) is 0 Å². The molecular weight excluding hydrogens is 617 g/mol. The zero-order chi connectivity index (χ0) is 31.7. The molecule has 246 valence electrons. The van der Waals surface area contributed by atoms with Gasteiger partial charge in [0.2, 0.25) is 0 Å². The molecule has 3 atom stereocenters. The average molecular weight is 663 g/mol. The third kappa shape index (κ3) is 6.89. The van der Waals surface area contributed by atoms with Gasteiger partial charge in [0.05, 0.1) is 24.7 Å². The topological polar surface area (TPSA) is 95.0 Å². The highest BCUT2D eigenvalue weighted by molar-refractivity contribution is 7.99. The second kappa shape index (κ2) is 13.6. The molecule has 3 fully saturated rings. The number of benzene rings is 2. The summed E-state index contributed by atoms with van der Waals surface area (Å²) >= 11 is 1.75. The van der Waals surface area contributed by atoms with E-state index in [1.54, 1.807) is 11.8 Å². The summed E-state index contributed by atoms with van der Waals surface area (Å²) in [6.45, 7) is 6.62. The molecule has 1 unspecified atom stereocenters. The van der Waals surface area contributed by atoms with Gasteiger partial charge in [-0.05, 0) is 98.1 Å². The summed E-state index contributed by atoms with van der Waals surface area (Å²) in [4.78, 5) is 12.0. The van der Waals surface area contributed by atoms with E-state index in [1.807, 2.05) is 6.20 Å². The standard InChI is InChI=1S/C36H46N4O4S2/c1-46(42,43)44-24-26-20-40(21-26)30-9-11-31(12-10-30)45-32-15-18-38-29(19-32)23-39-22-27-5-2-3-6-33(27)36(25-39,28-13-16-37-17-14-28)34-7-4-8-35(34)41/h2-3,5-6,9-12,15,18-19,26,28,34-35,37,41H,4,7-8,13-14,16-17,20-25H2,1H3/t34-,35-,36?/m0/s1. The minimum atomic E-state index is -3.39. The van der Waals surface area contributed by atoms with Gasteiger partial charge < -0.3 is 15.3 Å². The van der Waals surface area contributed by atoms with Crippen LogP contribution in [0.25, 0.3) is 0 Å². The Bertz CT molecular complexity index is 1610. The maximum absolute atomic E-state index is 11.4. The fraction of sp³-hybridized carbons (Fsp3) is 0.528. The molecule has 4 aliphatic rings. The summed E-state index contributed by atoms with van der Waals surface area (Å²) in [5, 5.41) is 14.9. The van der Waals surface area contributed by atoms with Gasteiger partial charge in [0.15, 0.2) is 0 Å². The van der Waals surface area contributed by atoms with Crippen molar-refractivity contribution in [3.8, 4) is 0 Å². The van der Waals surface area contributed by atoms with E-state index in [2.05, 4.69) is 75.8 Å². The van der Waals surface area contributed by atoms with Crippen LogP contribution in [0.5, 0.6) is 0 Å². The second-order valence-corrected chi connectivity index (χ2v) is 16.6. The van der Waals surface area contributed by atoms with Crippen molar-refractivity contribution in [3.63, 3.8) is 0 Å². The fourth-order valence-corrected chi connectivity index (χ4v) is 9.93.